The number of carbonyl (C=O) groups is 1. The SMILES string of the molecule is CCCCc1nc(C(F)(F)CC)nn1Cc1ccc(-c2cccc(C(=O)O)c2C)cc1. The minimum Gasteiger partial charge on any atom is -0.478 e. The number of aromatic carboxylic acids is 1. The molecule has 3 aromatic rings. The second-order valence-corrected chi connectivity index (χ2v) is 7.65. The number of benzene rings is 2. The molecule has 7 heteroatoms. The molecule has 0 saturated carbocycles. The van der Waals surface area contributed by atoms with E-state index in [4.69, 9.17) is 0 Å². The minimum atomic E-state index is -3.04. The second-order valence-electron chi connectivity index (χ2n) is 7.65. The molecule has 1 N–H and O–H groups in total. The fraction of sp³-hybridized carbons (Fsp3) is 0.375. The quantitative estimate of drug-likeness (QED) is 0.465. The molecule has 1 aromatic heterocycles. The van der Waals surface area contributed by atoms with E-state index >= 15 is 0 Å². The smallest absolute Gasteiger partial charge is 0.335 e. The van der Waals surface area contributed by atoms with Gasteiger partial charge in [-0.3, -0.25) is 0 Å². The average molecular weight is 427 g/mol. The molecule has 0 unspecified atom stereocenters. The molecule has 0 aliphatic heterocycles. The van der Waals surface area contributed by atoms with Gasteiger partial charge in [0.05, 0.1) is 12.1 Å². The highest BCUT2D eigenvalue weighted by Crippen LogP contribution is 2.30. The summed E-state index contributed by atoms with van der Waals surface area (Å²) in [5, 5.41) is 13.5. The molecule has 3 rings (SSSR count). The van der Waals surface area contributed by atoms with E-state index in [1.807, 2.05) is 37.3 Å². The standard InChI is InChI=1S/C24H27F2N3O2/c1-4-6-10-21-27-23(24(25,26)5-2)28-29(21)15-17-11-13-18(14-12-17)19-8-7-9-20(16(19)3)22(30)31/h7-9,11-14H,4-6,10,15H2,1-3H3,(H,30,31). The molecule has 0 amide bonds. The van der Waals surface area contributed by atoms with E-state index in [0.29, 0.717) is 24.4 Å². The topological polar surface area (TPSA) is 68.0 Å². The Bertz CT molecular complexity index is 1060. The van der Waals surface area contributed by atoms with Crippen LogP contribution < -0.4 is 0 Å². The maximum absolute atomic E-state index is 14.1. The highest BCUT2D eigenvalue weighted by molar-refractivity contribution is 5.92. The Balaban J connectivity index is 1.88. The predicted molar refractivity (Wildman–Crippen MR) is 115 cm³/mol. The number of rotatable bonds is 9. The number of hydrogen-bond acceptors (Lipinski definition) is 3. The third kappa shape index (κ3) is 4.98. The lowest BCUT2D eigenvalue weighted by Crippen LogP contribution is -2.14. The van der Waals surface area contributed by atoms with E-state index in [0.717, 1.165) is 29.5 Å². The Kier molecular flexibility index (Phi) is 6.83. The Labute approximate surface area is 180 Å². The van der Waals surface area contributed by atoms with Crippen LogP contribution in [0.4, 0.5) is 8.78 Å². The lowest BCUT2D eigenvalue weighted by atomic mass is 9.96. The van der Waals surface area contributed by atoms with Gasteiger partial charge in [-0.05, 0) is 41.7 Å². The first-order valence-electron chi connectivity index (χ1n) is 10.5. The first-order chi connectivity index (χ1) is 14.8. The average Bonchev–Trinajstić information content (AvgIpc) is 3.16. The highest BCUT2D eigenvalue weighted by atomic mass is 19.3. The Morgan fingerprint density at radius 3 is 2.45 bits per heavy atom. The molecule has 0 aliphatic carbocycles. The molecule has 0 aliphatic rings. The van der Waals surface area contributed by atoms with Gasteiger partial charge in [-0.25, -0.2) is 14.5 Å². The number of hydrogen-bond donors (Lipinski definition) is 1. The molecule has 0 radical (unpaired) electrons. The van der Waals surface area contributed by atoms with Crippen LogP contribution in [-0.2, 0) is 18.9 Å². The fourth-order valence-corrected chi connectivity index (χ4v) is 3.48. The van der Waals surface area contributed by atoms with Gasteiger partial charge in [-0.2, -0.15) is 8.78 Å². The van der Waals surface area contributed by atoms with Crippen LogP contribution in [0.15, 0.2) is 42.5 Å². The first-order valence-corrected chi connectivity index (χ1v) is 10.5. The molecule has 2 aromatic carbocycles. The molecule has 0 saturated heterocycles. The number of alkyl halides is 2. The van der Waals surface area contributed by atoms with Crippen molar-refractivity contribution in [2.24, 2.45) is 0 Å². The van der Waals surface area contributed by atoms with Gasteiger partial charge in [-0.15, -0.1) is 5.10 Å². The van der Waals surface area contributed by atoms with Crippen molar-refractivity contribution in [2.45, 2.75) is 58.9 Å². The van der Waals surface area contributed by atoms with Gasteiger partial charge in [0, 0.05) is 12.8 Å². The number of aromatic nitrogens is 3. The Morgan fingerprint density at radius 1 is 1.13 bits per heavy atom. The van der Waals surface area contributed by atoms with Crippen LogP contribution in [0.1, 0.15) is 66.2 Å². The summed E-state index contributed by atoms with van der Waals surface area (Å²) in [7, 11) is 0. The summed E-state index contributed by atoms with van der Waals surface area (Å²) >= 11 is 0. The Morgan fingerprint density at radius 2 is 1.84 bits per heavy atom. The molecule has 0 spiro atoms. The lowest BCUT2D eigenvalue weighted by Gasteiger charge is -2.11. The zero-order chi connectivity index (χ0) is 22.6. The van der Waals surface area contributed by atoms with Crippen molar-refractivity contribution in [3.63, 3.8) is 0 Å². The molecule has 5 nitrogen and oxygen atoms in total. The maximum atomic E-state index is 14.1. The molecule has 0 atom stereocenters. The van der Waals surface area contributed by atoms with Crippen molar-refractivity contribution in [2.75, 3.05) is 0 Å². The van der Waals surface area contributed by atoms with Crippen molar-refractivity contribution in [3.05, 3.63) is 70.8 Å². The molecular weight excluding hydrogens is 400 g/mol. The second kappa shape index (κ2) is 9.37. The highest BCUT2D eigenvalue weighted by Gasteiger charge is 2.35. The number of unbranched alkanes of at least 4 members (excludes halogenated alkanes) is 1. The largest absolute Gasteiger partial charge is 0.478 e. The van der Waals surface area contributed by atoms with E-state index in [2.05, 4.69) is 10.1 Å². The summed E-state index contributed by atoms with van der Waals surface area (Å²) in [5.41, 5.74) is 3.62. The number of carboxylic acid groups (broad SMARTS) is 1. The van der Waals surface area contributed by atoms with Crippen molar-refractivity contribution >= 4 is 5.97 Å². The van der Waals surface area contributed by atoms with E-state index < -0.39 is 17.7 Å². The summed E-state index contributed by atoms with van der Waals surface area (Å²) in [6.07, 6.45) is 2.06. The van der Waals surface area contributed by atoms with Crippen LogP contribution in [0.2, 0.25) is 0 Å². The zero-order valence-corrected chi connectivity index (χ0v) is 18.0. The monoisotopic (exact) mass is 427 g/mol. The zero-order valence-electron chi connectivity index (χ0n) is 18.0. The predicted octanol–water partition coefficient (Wildman–Crippen LogP) is 5.84. The summed E-state index contributed by atoms with van der Waals surface area (Å²) < 4.78 is 29.8. The van der Waals surface area contributed by atoms with Crippen LogP contribution in [-0.4, -0.2) is 25.8 Å². The maximum Gasteiger partial charge on any atom is 0.335 e. The van der Waals surface area contributed by atoms with Crippen LogP contribution in [0.3, 0.4) is 0 Å². The van der Waals surface area contributed by atoms with E-state index in [1.54, 1.807) is 23.7 Å². The van der Waals surface area contributed by atoms with Crippen LogP contribution in [0.25, 0.3) is 11.1 Å². The van der Waals surface area contributed by atoms with Crippen LogP contribution in [0.5, 0.6) is 0 Å². The lowest BCUT2D eigenvalue weighted by molar-refractivity contribution is -0.0177. The van der Waals surface area contributed by atoms with Gasteiger partial charge < -0.3 is 5.11 Å². The summed E-state index contributed by atoms with van der Waals surface area (Å²) in [6.45, 7) is 5.60. The number of carboxylic acids is 1. The number of halogens is 2. The first kappa shape index (κ1) is 22.6. The molecular formula is C24H27F2N3O2. The normalized spacial score (nSPS) is 11.6. The van der Waals surface area contributed by atoms with Crippen molar-refractivity contribution in [1.29, 1.82) is 0 Å². The van der Waals surface area contributed by atoms with E-state index in [-0.39, 0.29) is 12.0 Å². The minimum absolute atomic E-state index is 0.272. The van der Waals surface area contributed by atoms with Crippen LogP contribution >= 0.6 is 0 Å². The number of aryl methyl sites for hydroxylation is 1. The summed E-state index contributed by atoms with van der Waals surface area (Å²) in [6, 6.07) is 12.8. The van der Waals surface area contributed by atoms with Crippen molar-refractivity contribution in [3.8, 4) is 11.1 Å². The summed E-state index contributed by atoms with van der Waals surface area (Å²) in [5.74, 6) is -3.85. The fourth-order valence-electron chi connectivity index (χ4n) is 3.48. The van der Waals surface area contributed by atoms with Gasteiger partial charge >= 0.3 is 11.9 Å². The molecule has 164 valence electrons. The molecule has 1 heterocycles. The third-order valence-corrected chi connectivity index (χ3v) is 5.43. The molecule has 0 fully saturated rings. The van der Waals surface area contributed by atoms with Gasteiger partial charge in [0.1, 0.15) is 5.82 Å². The van der Waals surface area contributed by atoms with Crippen LogP contribution in [0, 0.1) is 6.92 Å². The van der Waals surface area contributed by atoms with Gasteiger partial charge in [0.15, 0.2) is 0 Å². The van der Waals surface area contributed by atoms with E-state index in [1.165, 1.54) is 6.92 Å². The molecule has 31 heavy (non-hydrogen) atoms. The summed E-state index contributed by atoms with van der Waals surface area (Å²) in [4.78, 5) is 15.5. The number of nitrogens with zero attached hydrogens (tertiary/aromatic N) is 3. The van der Waals surface area contributed by atoms with Gasteiger partial charge in [-0.1, -0.05) is 56.7 Å². The van der Waals surface area contributed by atoms with Crippen molar-refractivity contribution in [1.82, 2.24) is 14.8 Å². The third-order valence-electron chi connectivity index (χ3n) is 5.43. The van der Waals surface area contributed by atoms with Crippen molar-refractivity contribution < 1.29 is 18.7 Å². The molecule has 0 bridgehead atoms. The Hall–Kier alpha value is -3.09. The van der Waals surface area contributed by atoms with Gasteiger partial charge in [0.25, 0.3) is 0 Å². The van der Waals surface area contributed by atoms with Gasteiger partial charge in [0.2, 0.25) is 5.82 Å². The van der Waals surface area contributed by atoms with E-state index in [9.17, 15) is 18.7 Å².